The number of anilines is 1. The van der Waals surface area contributed by atoms with E-state index in [2.05, 4.69) is 85.9 Å². The Morgan fingerprint density at radius 3 is 2.38 bits per heavy atom. The third-order valence-corrected chi connectivity index (χ3v) is 4.09. The van der Waals surface area contributed by atoms with E-state index in [1.807, 2.05) is 0 Å². The van der Waals surface area contributed by atoms with E-state index < -0.39 is 0 Å². The molecule has 0 aliphatic carbocycles. The minimum absolute atomic E-state index is 0.481. The van der Waals surface area contributed by atoms with Crippen LogP contribution in [0.5, 0.6) is 0 Å². The number of hydrogen-bond donors (Lipinski definition) is 1. The standard InChI is InChI=1S/C20H21N/c1-15-7-3-6-10-20(15)21-14-16(2)18-12-11-17-8-4-5-9-19(17)13-18/h3-13,16,21H,14H2,1-2H3. The molecule has 3 rings (SSSR count). The number of fused-ring (bicyclic) bond motifs is 1. The molecule has 0 amide bonds. The average Bonchev–Trinajstić information content (AvgIpc) is 2.53. The Morgan fingerprint density at radius 1 is 0.857 bits per heavy atom. The first-order valence-electron chi connectivity index (χ1n) is 7.52. The Balaban J connectivity index is 1.75. The molecule has 0 saturated heterocycles. The summed E-state index contributed by atoms with van der Waals surface area (Å²) in [5, 5.41) is 6.18. The highest BCUT2D eigenvalue weighted by Gasteiger charge is 2.07. The van der Waals surface area contributed by atoms with Crippen LogP contribution in [-0.4, -0.2) is 6.54 Å². The predicted octanol–water partition coefficient (Wildman–Crippen LogP) is 5.36. The Hall–Kier alpha value is -2.28. The number of aryl methyl sites for hydroxylation is 1. The summed E-state index contributed by atoms with van der Waals surface area (Å²) in [5.74, 6) is 0.481. The predicted molar refractivity (Wildman–Crippen MR) is 92.0 cm³/mol. The van der Waals surface area contributed by atoms with Crippen LogP contribution in [0.4, 0.5) is 5.69 Å². The second kappa shape index (κ2) is 6.01. The summed E-state index contributed by atoms with van der Waals surface area (Å²) in [6.07, 6.45) is 0. The summed E-state index contributed by atoms with van der Waals surface area (Å²) in [6, 6.07) is 23.7. The highest BCUT2D eigenvalue weighted by atomic mass is 14.9. The van der Waals surface area contributed by atoms with Crippen molar-refractivity contribution in [1.82, 2.24) is 0 Å². The van der Waals surface area contributed by atoms with E-state index in [0.29, 0.717) is 5.92 Å². The summed E-state index contributed by atoms with van der Waals surface area (Å²) in [7, 11) is 0. The van der Waals surface area contributed by atoms with Gasteiger partial charge in [-0.15, -0.1) is 0 Å². The summed E-state index contributed by atoms with van der Waals surface area (Å²) in [4.78, 5) is 0. The number of para-hydroxylation sites is 1. The van der Waals surface area contributed by atoms with Crippen LogP contribution in [-0.2, 0) is 0 Å². The zero-order valence-electron chi connectivity index (χ0n) is 12.6. The lowest BCUT2D eigenvalue weighted by Gasteiger charge is -2.16. The zero-order valence-corrected chi connectivity index (χ0v) is 12.6. The smallest absolute Gasteiger partial charge is 0.0370 e. The van der Waals surface area contributed by atoms with Crippen molar-refractivity contribution < 1.29 is 0 Å². The molecule has 1 atom stereocenters. The van der Waals surface area contributed by atoms with Crippen molar-refractivity contribution in [2.45, 2.75) is 19.8 Å². The maximum Gasteiger partial charge on any atom is 0.0370 e. The zero-order chi connectivity index (χ0) is 14.7. The van der Waals surface area contributed by atoms with Crippen LogP contribution in [0, 0.1) is 6.92 Å². The first-order chi connectivity index (χ1) is 10.2. The minimum Gasteiger partial charge on any atom is -0.384 e. The van der Waals surface area contributed by atoms with Crippen molar-refractivity contribution in [2.24, 2.45) is 0 Å². The topological polar surface area (TPSA) is 12.0 Å². The van der Waals surface area contributed by atoms with Crippen LogP contribution in [0.3, 0.4) is 0 Å². The molecular weight excluding hydrogens is 254 g/mol. The van der Waals surface area contributed by atoms with Gasteiger partial charge in [0.05, 0.1) is 0 Å². The molecule has 0 saturated carbocycles. The molecule has 0 fully saturated rings. The van der Waals surface area contributed by atoms with E-state index >= 15 is 0 Å². The number of nitrogens with one attached hydrogen (secondary N) is 1. The van der Waals surface area contributed by atoms with Crippen molar-refractivity contribution in [3.05, 3.63) is 77.9 Å². The van der Waals surface area contributed by atoms with Gasteiger partial charge in [0.1, 0.15) is 0 Å². The summed E-state index contributed by atoms with van der Waals surface area (Å²) in [5.41, 5.74) is 3.91. The Kier molecular flexibility index (Phi) is 3.92. The van der Waals surface area contributed by atoms with Gasteiger partial charge >= 0.3 is 0 Å². The monoisotopic (exact) mass is 275 g/mol. The second-order valence-electron chi connectivity index (χ2n) is 5.70. The lowest BCUT2D eigenvalue weighted by molar-refractivity contribution is 0.806. The molecule has 3 aromatic rings. The van der Waals surface area contributed by atoms with Gasteiger partial charge in [-0.05, 0) is 40.8 Å². The first-order valence-corrected chi connectivity index (χ1v) is 7.52. The largest absolute Gasteiger partial charge is 0.384 e. The number of rotatable bonds is 4. The third kappa shape index (κ3) is 3.08. The van der Waals surface area contributed by atoms with Gasteiger partial charge in [0.25, 0.3) is 0 Å². The fraction of sp³-hybridized carbons (Fsp3) is 0.200. The van der Waals surface area contributed by atoms with Crippen LogP contribution in [0.15, 0.2) is 66.7 Å². The molecule has 106 valence electrons. The Bertz CT molecular complexity index is 745. The maximum absolute atomic E-state index is 3.56. The van der Waals surface area contributed by atoms with E-state index in [0.717, 1.165) is 6.54 Å². The van der Waals surface area contributed by atoms with Gasteiger partial charge in [0.2, 0.25) is 0 Å². The van der Waals surface area contributed by atoms with Gasteiger partial charge in [-0.1, -0.05) is 67.6 Å². The third-order valence-electron chi connectivity index (χ3n) is 4.09. The Morgan fingerprint density at radius 2 is 1.57 bits per heavy atom. The van der Waals surface area contributed by atoms with E-state index in [1.165, 1.54) is 27.6 Å². The molecule has 0 aliphatic heterocycles. The lowest BCUT2D eigenvalue weighted by Crippen LogP contribution is -2.10. The molecule has 21 heavy (non-hydrogen) atoms. The molecule has 1 unspecified atom stereocenters. The second-order valence-corrected chi connectivity index (χ2v) is 5.70. The molecule has 0 heterocycles. The SMILES string of the molecule is Cc1ccccc1NCC(C)c1ccc2ccccc2c1. The number of hydrogen-bond acceptors (Lipinski definition) is 1. The quantitative estimate of drug-likeness (QED) is 0.675. The van der Waals surface area contributed by atoms with Crippen LogP contribution in [0.1, 0.15) is 24.0 Å². The van der Waals surface area contributed by atoms with E-state index in [1.54, 1.807) is 0 Å². The molecule has 0 radical (unpaired) electrons. The van der Waals surface area contributed by atoms with Crippen LogP contribution < -0.4 is 5.32 Å². The van der Waals surface area contributed by atoms with Gasteiger partial charge in [-0.25, -0.2) is 0 Å². The van der Waals surface area contributed by atoms with E-state index in [4.69, 9.17) is 0 Å². The van der Waals surface area contributed by atoms with Crippen molar-refractivity contribution in [1.29, 1.82) is 0 Å². The highest BCUT2D eigenvalue weighted by molar-refractivity contribution is 5.83. The van der Waals surface area contributed by atoms with Crippen molar-refractivity contribution in [2.75, 3.05) is 11.9 Å². The minimum atomic E-state index is 0.481. The summed E-state index contributed by atoms with van der Waals surface area (Å²) < 4.78 is 0. The van der Waals surface area contributed by atoms with E-state index in [9.17, 15) is 0 Å². The van der Waals surface area contributed by atoms with Gasteiger partial charge in [0, 0.05) is 12.2 Å². The van der Waals surface area contributed by atoms with Gasteiger partial charge in [-0.2, -0.15) is 0 Å². The fourth-order valence-electron chi connectivity index (χ4n) is 2.67. The van der Waals surface area contributed by atoms with Gasteiger partial charge in [-0.3, -0.25) is 0 Å². The molecule has 1 N–H and O–H groups in total. The first kappa shape index (κ1) is 13.7. The van der Waals surface area contributed by atoms with Gasteiger partial charge < -0.3 is 5.32 Å². The van der Waals surface area contributed by atoms with Crippen molar-refractivity contribution >= 4 is 16.5 Å². The Labute approximate surface area is 126 Å². The normalized spacial score (nSPS) is 12.3. The van der Waals surface area contributed by atoms with Crippen molar-refractivity contribution in [3.8, 4) is 0 Å². The van der Waals surface area contributed by atoms with E-state index in [-0.39, 0.29) is 0 Å². The van der Waals surface area contributed by atoms with Crippen LogP contribution in [0.2, 0.25) is 0 Å². The molecule has 0 aliphatic rings. The highest BCUT2D eigenvalue weighted by Crippen LogP contribution is 2.22. The number of benzene rings is 3. The van der Waals surface area contributed by atoms with Crippen molar-refractivity contribution in [3.63, 3.8) is 0 Å². The molecule has 1 nitrogen and oxygen atoms in total. The molecule has 0 aromatic heterocycles. The molecule has 3 aromatic carbocycles. The van der Waals surface area contributed by atoms with Gasteiger partial charge in [0.15, 0.2) is 0 Å². The summed E-state index contributed by atoms with van der Waals surface area (Å²) in [6.45, 7) is 5.36. The lowest BCUT2D eigenvalue weighted by atomic mass is 9.97. The summed E-state index contributed by atoms with van der Waals surface area (Å²) >= 11 is 0. The molecule has 1 heteroatoms. The molecule has 0 bridgehead atoms. The van der Waals surface area contributed by atoms with Crippen LogP contribution in [0.25, 0.3) is 10.8 Å². The maximum atomic E-state index is 3.56. The van der Waals surface area contributed by atoms with Crippen LogP contribution >= 0.6 is 0 Å². The molecule has 0 spiro atoms. The average molecular weight is 275 g/mol. The molecular formula is C20H21N. The fourth-order valence-corrected chi connectivity index (χ4v) is 2.67.